The normalized spacial score (nSPS) is 16.9. The number of rotatable bonds is 6. The Labute approximate surface area is 127 Å². The number of hydrogen-bond acceptors (Lipinski definition) is 4. The van der Waals surface area contributed by atoms with Gasteiger partial charge in [0.15, 0.2) is 5.78 Å². The predicted molar refractivity (Wildman–Crippen MR) is 85.3 cm³/mol. The van der Waals surface area contributed by atoms with Crippen molar-refractivity contribution in [3.05, 3.63) is 29.3 Å². The van der Waals surface area contributed by atoms with Crippen LogP contribution in [0.15, 0.2) is 18.2 Å². The maximum Gasteiger partial charge on any atom is 0.176 e. The van der Waals surface area contributed by atoms with E-state index in [9.17, 15) is 4.79 Å². The molecule has 1 heterocycles. The SMILES string of the molecule is CCOc1ccc(C(=O)CN2CCN(C)CC2)cc1CC. The molecule has 1 aliphatic heterocycles. The highest BCUT2D eigenvalue weighted by molar-refractivity contribution is 5.98. The van der Waals surface area contributed by atoms with E-state index in [2.05, 4.69) is 23.8 Å². The molecule has 0 aromatic heterocycles. The summed E-state index contributed by atoms with van der Waals surface area (Å²) in [5.41, 5.74) is 1.91. The van der Waals surface area contributed by atoms with Crippen molar-refractivity contribution in [1.29, 1.82) is 0 Å². The highest BCUT2D eigenvalue weighted by Gasteiger charge is 2.18. The van der Waals surface area contributed by atoms with Crippen molar-refractivity contribution in [3.63, 3.8) is 0 Å². The minimum Gasteiger partial charge on any atom is -0.494 e. The number of carbonyl (C=O) groups is 1. The molecule has 1 fully saturated rings. The molecule has 1 aliphatic rings. The van der Waals surface area contributed by atoms with Crippen molar-refractivity contribution in [2.45, 2.75) is 20.3 Å². The van der Waals surface area contributed by atoms with Gasteiger partial charge in [0.2, 0.25) is 0 Å². The summed E-state index contributed by atoms with van der Waals surface area (Å²) in [6.07, 6.45) is 0.880. The number of aryl methyl sites for hydroxylation is 1. The Morgan fingerprint density at radius 2 is 1.90 bits per heavy atom. The third-order valence-electron chi connectivity index (χ3n) is 4.03. The van der Waals surface area contributed by atoms with Gasteiger partial charge < -0.3 is 9.64 Å². The monoisotopic (exact) mass is 290 g/mol. The van der Waals surface area contributed by atoms with Crippen LogP contribution < -0.4 is 4.74 Å². The van der Waals surface area contributed by atoms with E-state index in [4.69, 9.17) is 4.74 Å². The summed E-state index contributed by atoms with van der Waals surface area (Å²) in [4.78, 5) is 17.0. The maximum absolute atomic E-state index is 12.4. The molecular weight excluding hydrogens is 264 g/mol. The molecule has 0 spiro atoms. The van der Waals surface area contributed by atoms with Crippen LogP contribution in [0.25, 0.3) is 0 Å². The first-order valence-electron chi connectivity index (χ1n) is 7.83. The topological polar surface area (TPSA) is 32.8 Å². The molecule has 0 amide bonds. The number of hydrogen-bond donors (Lipinski definition) is 0. The number of benzene rings is 1. The second-order valence-electron chi connectivity index (χ2n) is 5.61. The fourth-order valence-corrected chi connectivity index (χ4v) is 2.63. The van der Waals surface area contributed by atoms with Crippen LogP contribution in [0.3, 0.4) is 0 Å². The van der Waals surface area contributed by atoms with E-state index in [-0.39, 0.29) is 5.78 Å². The average molecular weight is 290 g/mol. The zero-order chi connectivity index (χ0) is 15.2. The van der Waals surface area contributed by atoms with Gasteiger partial charge >= 0.3 is 0 Å². The molecule has 1 saturated heterocycles. The van der Waals surface area contributed by atoms with Gasteiger partial charge in [0.25, 0.3) is 0 Å². The van der Waals surface area contributed by atoms with Crippen LogP contribution >= 0.6 is 0 Å². The molecule has 0 N–H and O–H groups in total. The summed E-state index contributed by atoms with van der Waals surface area (Å²) < 4.78 is 5.60. The van der Waals surface area contributed by atoms with E-state index in [1.165, 1.54) is 0 Å². The van der Waals surface area contributed by atoms with Gasteiger partial charge in [-0.25, -0.2) is 0 Å². The quantitative estimate of drug-likeness (QED) is 0.751. The molecule has 1 aromatic rings. The van der Waals surface area contributed by atoms with E-state index in [0.29, 0.717) is 13.2 Å². The molecule has 0 unspecified atom stereocenters. The van der Waals surface area contributed by atoms with Gasteiger partial charge in [-0.1, -0.05) is 6.92 Å². The first-order chi connectivity index (χ1) is 10.1. The summed E-state index contributed by atoms with van der Waals surface area (Å²) in [6, 6.07) is 5.81. The largest absolute Gasteiger partial charge is 0.494 e. The summed E-state index contributed by atoms with van der Waals surface area (Å²) in [7, 11) is 2.12. The summed E-state index contributed by atoms with van der Waals surface area (Å²) in [5, 5.41) is 0. The molecule has 0 aliphatic carbocycles. The van der Waals surface area contributed by atoms with Crippen molar-refractivity contribution in [2.24, 2.45) is 0 Å². The zero-order valence-electron chi connectivity index (χ0n) is 13.4. The molecule has 0 radical (unpaired) electrons. The van der Waals surface area contributed by atoms with Crippen molar-refractivity contribution < 1.29 is 9.53 Å². The van der Waals surface area contributed by atoms with E-state index < -0.39 is 0 Å². The maximum atomic E-state index is 12.4. The molecule has 0 atom stereocenters. The number of ether oxygens (including phenoxy) is 1. The van der Waals surface area contributed by atoms with Crippen molar-refractivity contribution >= 4 is 5.78 Å². The number of likely N-dealkylation sites (N-methyl/N-ethyl adjacent to an activating group) is 1. The fourth-order valence-electron chi connectivity index (χ4n) is 2.63. The smallest absolute Gasteiger partial charge is 0.176 e. The third kappa shape index (κ3) is 4.29. The molecule has 0 saturated carbocycles. The van der Waals surface area contributed by atoms with E-state index in [0.717, 1.165) is 49.5 Å². The Bertz CT molecular complexity index is 480. The fraction of sp³-hybridized carbons (Fsp3) is 0.588. The van der Waals surface area contributed by atoms with Crippen LogP contribution in [0.1, 0.15) is 29.8 Å². The molecule has 21 heavy (non-hydrogen) atoms. The highest BCUT2D eigenvalue weighted by atomic mass is 16.5. The summed E-state index contributed by atoms with van der Waals surface area (Å²) >= 11 is 0. The minimum atomic E-state index is 0.206. The molecule has 4 heteroatoms. The molecule has 116 valence electrons. The Balaban J connectivity index is 2.02. The van der Waals surface area contributed by atoms with Gasteiger partial charge in [-0.2, -0.15) is 0 Å². The molecule has 0 bridgehead atoms. The Hall–Kier alpha value is -1.39. The lowest BCUT2D eigenvalue weighted by Gasteiger charge is -2.31. The van der Waals surface area contributed by atoms with Gasteiger partial charge in [0.1, 0.15) is 5.75 Å². The predicted octanol–water partition coefficient (Wildman–Crippen LogP) is 2.08. The van der Waals surface area contributed by atoms with E-state index in [1.807, 2.05) is 25.1 Å². The van der Waals surface area contributed by atoms with E-state index >= 15 is 0 Å². The standard InChI is InChI=1S/C17H26N2O2/c1-4-14-12-15(6-7-17(14)21-5-2)16(20)13-19-10-8-18(3)9-11-19/h6-7,12H,4-5,8-11,13H2,1-3H3. The van der Waals surface area contributed by atoms with E-state index in [1.54, 1.807) is 0 Å². The van der Waals surface area contributed by atoms with Crippen molar-refractivity contribution in [1.82, 2.24) is 9.80 Å². The Kier molecular flexibility index (Phi) is 5.76. The Morgan fingerprint density at radius 3 is 2.52 bits per heavy atom. The van der Waals surface area contributed by atoms with Crippen LogP contribution in [0.5, 0.6) is 5.75 Å². The Morgan fingerprint density at radius 1 is 1.19 bits per heavy atom. The van der Waals surface area contributed by atoms with Gasteiger partial charge in [0, 0.05) is 31.7 Å². The molecule has 1 aromatic carbocycles. The molecule has 2 rings (SSSR count). The van der Waals surface area contributed by atoms with Gasteiger partial charge in [-0.05, 0) is 44.2 Å². The van der Waals surface area contributed by atoms with Gasteiger partial charge in [0.05, 0.1) is 13.2 Å². The van der Waals surface area contributed by atoms with Crippen LogP contribution in [0, 0.1) is 0 Å². The van der Waals surface area contributed by atoms with Crippen LogP contribution in [0.4, 0.5) is 0 Å². The average Bonchev–Trinajstić information content (AvgIpc) is 2.50. The van der Waals surface area contributed by atoms with Gasteiger partial charge in [-0.15, -0.1) is 0 Å². The number of nitrogens with zero attached hydrogens (tertiary/aromatic N) is 2. The number of ketones is 1. The first-order valence-corrected chi connectivity index (χ1v) is 7.83. The van der Waals surface area contributed by atoms with Crippen LogP contribution in [0.2, 0.25) is 0 Å². The number of carbonyl (C=O) groups excluding carboxylic acids is 1. The third-order valence-corrected chi connectivity index (χ3v) is 4.03. The summed E-state index contributed by atoms with van der Waals surface area (Å²) in [6.45, 7) is 9.26. The second kappa shape index (κ2) is 7.57. The van der Waals surface area contributed by atoms with Gasteiger partial charge in [-0.3, -0.25) is 9.69 Å². The highest BCUT2D eigenvalue weighted by Crippen LogP contribution is 2.21. The number of piperazine rings is 1. The van der Waals surface area contributed by atoms with Crippen LogP contribution in [-0.4, -0.2) is 62.0 Å². The lowest BCUT2D eigenvalue weighted by atomic mass is 10.0. The minimum absolute atomic E-state index is 0.206. The number of Topliss-reactive ketones (excluding diaryl/α,β-unsaturated/α-hetero) is 1. The second-order valence-corrected chi connectivity index (χ2v) is 5.61. The zero-order valence-corrected chi connectivity index (χ0v) is 13.4. The van der Waals surface area contributed by atoms with Crippen LogP contribution in [-0.2, 0) is 6.42 Å². The lowest BCUT2D eigenvalue weighted by molar-refractivity contribution is 0.0876. The first kappa shape index (κ1) is 16.0. The van der Waals surface area contributed by atoms with Crippen molar-refractivity contribution in [2.75, 3.05) is 46.4 Å². The summed E-state index contributed by atoms with van der Waals surface area (Å²) in [5.74, 6) is 1.11. The van der Waals surface area contributed by atoms with Crippen molar-refractivity contribution in [3.8, 4) is 5.75 Å². The molecule has 4 nitrogen and oxygen atoms in total. The lowest BCUT2D eigenvalue weighted by Crippen LogP contribution is -2.46. The molecular formula is C17H26N2O2.